The Balaban J connectivity index is 2.52. The molecule has 2 aromatic carbocycles. The molecule has 7 heteroatoms. The monoisotopic (exact) mass is 352 g/mol. The van der Waals surface area contributed by atoms with Gasteiger partial charge >= 0.3 is 0 Å². The second kappa shape index (κ2) is 4.92. The molecule has 0 saturated carbocycles. The molecular formula is C14H7BrF2N2O2. The third-order valence-corrected chi connectivity index (χ3v) is 3.83. The van der Waals surface area contributed by atoms with Crippen molar-refractivity contribution in [1.29, 1.82) is 0 Å². The van der Waals surface area contributed by atoms with E-state index in [1.165, 1.54) is 24.3 Å². The number of benzene rings is 2. The van der Waals surface area contributed by atoms with Gasteiger partial charge in [-0.15, -0.1) is 0 Å². The Morgan fingerprint density at radius 2 is 1.86 bits per heavy atom. The highest BCUT2D eigenvalue weighted by atomic mass is 79.9. The largest absolute Gasteiger partial charge is 0.503 e. The molecule has 0 saturated heterocycles. The number of H-pyrrole nitrogens is 1. The van der Waals surface area contributed by atoms with Crippen LogP contribution >= 0.6 is 15.9 Å². The molecule has 2 N–H and O–H groups in total. The van der Waals surface area contributed by atoms with Crippen LogP contribution in [0.2, 0.25) is 0 Å². The Kier molecular flexibility index (Phi) is 3.21. The fraction of sp³-hybridized carbons (Fsp3) is 0. The highest BCUT2D eigenvalue weighted by Crippen LogP contribution is 2.40. The topological polar surface area (TPSA) is 66.0 Å². The Morgan fingerprint density at radius 1 is 1.19 bits per heavy atom. The maximum atomic E-state index is 14.1. The van der Waals surface area contributed by atoms with E-state index in [-0.39, 0.29) is 20.9 Å². The van der Waals surface area contributed by atoms with Gasteiger partial charge in [-0.25, -0.2) is 13.8 Å². The number of hydrogen-bond donors (Lipinski definition) is 2. The molecule has 0 fully saturated rings. The van der Waals surface area contributed by atoms with E-state index in [1.807, 2.05) is 0 Å². The highest BCUT2D eigenvalue weighted by Gasteiger charge is 2.21. The SMILES string of the molecule is O=c1[nH]cnc2c(O)c(F)c(Br)c(-c3ccc(F)cc3)c12. The van der Waals surface area contributed by atoms with E-state index < -0.39 is 22.9 Å². The van der Waals surface area contributed by atoms with Crippen LogP contribution in [0.4, 0.5) is 8.78 Å². The molecule has 4 nitrogen and oxygen atoms in total. The van der Waals surface area contributed by atoms with E-state index in [0.717, 1.165) is 6.33 Å². The van der Waals surface area contributed by atoms with Crippen LogP contribution in [0.15, 0.2) is 39.9 Å². The number of fused-ring (bicyclic) bond motifs is 1. The number of aromatic hydroxyl groups is 1. The number of nitrogens with one attached hydrogen (secondary N) is 1. The number of rotatable bonds is 1. The number of hydrogen-bond acceptors (Lipinski definition) is 3. The maximum absolute atomic E-state index is 14.1. The first kappa shape index (κ1) is 13.7. The highest BCUT2D eigenvalue weighted by molar-refractivity contribution is 9.10. The van der Waals surface area contributed by atoms with Gasteiger partial charge < -0.3 is 10.1 Å². The molecular weight excluding hydrogens is 346 g/mol. The molecule has 3 rings (SSSR count). The zero-order valence-corrected chi connectivity index (χ0v) is 11.9. The van der Waals surface area contributed by atoms with E-state index in [9.17, 15) is 18.7 Å². The van der Waals surface area contributed by atoms with E-state index in [2.05, 4.69) is 25.9 Å². The van der Waals surface area contributed by atoms with Crippen molar-refractivity contribution in [3.63, 3.8) is 0 Å². The van der Waals surface area contributed by atoms with Crippen LogP contribution in [0.3, 0.4) is 0 Å². The lowest BCUT2D eigenvalue weighted by Gasteiger charge is -2.11. The molecule has 21 heavy (non-hydrogen) atoms. The lowest BCUT2D eigenvalue weighted by molar-refractivity contribution is 0.436. The van der Waals surface area contributed by atoms with Crippen LogP contribution in [0.25, 0.3) is 22.0 Å². The van der Waals surface area contributed by atoms with Gasteiger partial charge in [0.1, 0.15) is 11.3 Å². The van der Waals surface area contributed by atoms with Crippen LogP contribution < -0.4 is 5.56 Å². The first-order valence-corrected chi connectivity index (χ1v) is 6.63. The van der Waals surface area contributed by atoms with Crippen molar-refractivity contribution >= 4 is 26.8 Å². The van der Waals surface area contributed by atoms with Crippen molar-refractivity contribution in [3.8, 4) is 16.9 Å². The van der Waals surface area contributed by atoms with Crippen molar-refractivity contribution < 1.29 is 13.9 Å². The van der Waals surface area contributed by atoms with Gasteiger partial charge in [0, 0.05) is 5.56 Å². The third kappa shape index (κ3) is 2.09. The molecule has 0 atom stereocenters. The average molecular weight is 353 g/mol. The Hall–Kier alpha value is -2.28. The van der Waals surface area contributed by atoms with Gasteiger partial charge in [-0.05, 0) is 33.6 Å². The van der Waals surface area contributed by atoms with Crippen molar-refractivity contribution in [2.24, 2.45) is 0 Å². The summed E-state index contributed by atoms with van der Waals surface area (Å²) in [5, 5.41) is 9.82. The molecule has 0 bridgehead atoms. The number of phenolic OH excluding ortho intramolecular Hbond substituents is 1. The average Bonchev–Trinajstić information content (AvgIpc) is 2.48. The molecule has 3 aromatic rings. The molecule has 0 unspecified atom stereocenters. The molecule has 0 radical (unpaired) electrons. The third-order valence-electron chi connectivity index (χ3n) is 3.08. The maximum Gasteiger partial charge on any atom is 0.259 e. The van der Waals surface area contributed by atoms with E-state index >= 15 is 0 Å². The van der Waals surface area contributed by atoms with E-state index in [4.69, 9.17) is 0 Å². The van der Waals surface area contributed by atoms with Crippen LogP contribution in [0.5, 0.6) is 5.75 Å². The van der Waals surface area contributed by atoms with Crippen LogP contribution in [-0.4, -0.2) is 15.1 Å². The molecule has 0 amide bonds. The standard InChI is InChI=1S/C14H7BrF2N2O2/c15-10-8(6-1-3-7(16)4-2-6)9-12(13(20)11(10)17)18-5-19-14(9)21/h1-5,20H,(H,18,19,21). The van der Waals surface area contributed by atoms with Crippen molar-refractivity contribution in [2.45, 2.75) is 0 Å². The summed E-state index contributed by atoms with van der Waals surface area (Å²) in [6.07, 6.45) is 1.08. The minimum Gasteiger partial charge on any atom is -0.503 e. The van der Waals surface area contributed by atoms with Gasteiger partial charge in [0.2, 0.25) is 0 Å². The van der Waals surface area contributed by atoms with Gasteiger partial charge in [-0.1, -0.05) is 12.1 Å². The molecule has 0 aliphatic rings. The van der Waals surface area contributed by atoms with Crippen molar-refractivity contribution in [1.82, 2.24) is 9.97 Å². The summed E-state index contributed by atoms with van der Waals surface area (Å²) in [5.41, 5.74) is -0.0607. The van der Waals surface area contributed by atoms with Gasteiger partial charge in [0.15, 0.2) is 11.6 Å². The Bertz CT molecular complexity index is 907. The Labute approximate surface area is 125 Å². The number of phenols is 1. The van der Waals surface area contributed by atoms with Gasteiger partial charge in [0.25, 0.3) is 5.56 Å². The smallest absolute Gasteiger partial charge is 0.259 e. The first-order chi connectivity index (χ1) is 10.0. The number of halogens is 3. The normalized spacial score (nSPS) is 11.0. The minimum absolute atomic E-state index is 0.0230. The fourth-order valence-electron chi connectivity index (χ4n) is 2.13. The molecule has 106 valence electrons. The first-order valence-electron chi connectivity index (χ1n) is 5.84. The quantitative estimate of drug-likeness (QED) is 0.705. The minimum atomic E-state index is -0.931. The van der Waals surface area contributed by atoms with Crippen LogP contribution in [0.1, 0.15) is 0 Å². The molecule has 1 heterocycles. The number of nitrogens with zero attached hydrogens (tertiary/aromatic N) is 1. The molecule has 1 aromatic heterocycles. The summed E-state index contributed by atoms with van der Waals surface area (Å²) >= 11 is 3.03. The number of aromatic amines is 1. The summed E-state index contributed by atoms with van der Waals surface area (Å²) in [5.74, 6) is -2.10. The van der Waals surface area contributed by atoms with Crippen LogP contribution in [-0.2, 0) is 0 Å². The van der Waals surface area contributed by atoms with Gasteiger partial charge in [-0.3, -0.25) is 4.79 Å². The zero-order chi connectivity index (χ0) is 15.1. The summed E-state index contributed by atoms with van der Waals surface area (Å²) in [4.78, 5) is 18.2. The van der Waals surface area contributed by atoms with Crippen LogP contribution in [0, 0.1) is 11.6 Å². The zero-order valence-electron chi connectivity index (χ0n) is 10.3. The lowest BCUT2D eigenvalue weighted by atomic mass is 10.0. The Morgan fingerprint density at radius 3 is 2.52 bits per heavy atom. The second-order valence-electron chi connectivity index (χ2n) is 4.31. The van der Waals surface area contributed by atoms with Gasteiger partial charge in [-0.2, -0.15) is 0 Å². The second-order valence-corrected chi connectivity index (χ2v) is 5.11. The van der Waals surface area contributed by atoms with E-state index in [1.54, 1.807) is 0 Å². The molecule has 0 aliphatic heterocycles. The van der Waals surface area contributed by atoms with E-state index in [0.29, 0.717) is 5.56 Å². The summed E-state index contributed by atoms with van der Waals surface area (Å²) in [6.45, 7) is 0. The molecule has 0 spiro atoms. The van der Waals surface area contributed by atoms with Crippen molar-refractivity contribution in [2.75, 3.05) is 0 Å². The lowest BCUT2D eigenvalue weighted by Crippen LogP contribution is -2.09. The van der Waals surface area contributed by atoms with Gasteiger partial charge in [0.05, 0.1) is 16.2 Å². The number of aromatic nitrogens is 2. The predicted octanol–water partition coefficient (Wildman–Crippen LogP) is 3.34. The fourth-order valence-corrected chi connectivity index (χ4v) is 2.74. The van der Waals surface area contributed by atoms with Crippen molar-refractivity contribution in [3.05, 3.63) is 57.1 Å². The summed E-state index contributed by atoms with van der Waals surface area (Å²) < 4.78 is 27.0. The summed E-state index contributed by atoms with van der Waals surface area (Å²) in [6, 6.07) is 5.22. The summed E-state index contributed by atoms with van der Waals surface area (Å²) in [7, 11) is 0. The predicted molar refractivity (Wildman–Crippen MR) is 77.1 cm³/mol. The molecule has 0 aliphatic carbocycles.